The van der Waals surface area contributed by atoms with E-state index >= 15 is 0 Å². The molecule has 0 bridgehead atoms. The fourth-order valence-electron chi connectivity index (χ4n) is 1.61. The normalized spacial score (nSPS) is 10.9. The van der Waals surface area contributed by atoms with Gasteiger partial charge in [-0.15, -0.1) is 0 Å². The molecule has 19 heavy (non-hydrogen) atoms. The van der Waals surface area contributed by atoms with E-state index in [0.717, 1.165) is 0 Å². The van der Waals surface area contributed by atoms with Gasteiger partial charge in [0.05, 0.1) is 10.8 Å². The summed E-state index contributed by atoms with van der Waals surface area (Å²) < 4.78 is 13.8. The van der Waals surface area contributed by atoms with Gasteiger partial charge in [0.25, 0.3) is 0 Å². The third-order valence-electron chi connectivity index (χ3n) is 2.44. The van der Waals surface area contributed by atoms with E-state index in [1.54, 1.807) is 12.1 Å². The fourth-order valence-corrected chi connectivity index (χ4v) is 2.02. The molecule has 0 unspecified atom stereocenters. The van der Waals surface area contributed by atoms with E-state index in [1.165, 1.54) is 12.4 Å². The lowest BCUT2D eigenvalue weighted by Crippen LogP contribution is -1.97. The zero-order valence-electron chi connectivity index (χ0n) is 9.28. The Hall–Kier alpha value is -1.73. The number of aromatic nitrogens is 4. The summed E-state index contributed by atoms with van der Waals surface area (Å²) in [5.74, 6) is 0.0697. The highest BCUT2D eigenvalue weighted by atomic mass is 79.9. The molecular weight excluding hydrogens is 337 g/mol. The van der Waals surface area contributed by atoms with E-state index in [-0.39, 0.29) is 11.1 Å². The van der Waals surface area contributed by atoms with Gasteiger partial charge in [-0.3, -0.25) is 0 Å². The van der Waals surface area contributed by atoms with Crippen LogP contribution in [0.2, 0.25) is 5.28 Å². The summed E-state index contributed by atoms with van der Waals surface area (Å²) in [6, 6.07) is 4.66. The fraction of sp³-hybridized carbons (Fsp3) is 0. The molecule has 3 rings (SSSR count). The van der Waals surface area contributed by atoms with E-state index in [2.05, 4.69) is 41.2 Å². The molecule has 0 aliphatic rings. The minimum Gasteiger partial charge on any atom is -0.340 e. The van der Waals surface area contributed by atoms with Gasteiger partial charge in [0.15, 0.2) is 11.5 Å². The number of rotatable bonds is 2. The number of hydrogen-bond acceptors (Lipinski definition) is 4. The van der Waals surface area contributed by atoms with Crippen LogP contribution in [0.5, 0.6) is 0 Å². The first-order valence-corrected chi connectivity index (χ1v) is 6.39. The van der Waals surface area contributed by atoms with Crippen molar-refractivity contribution in [2.24, 2.45) is 0 Å². The Bertz CT molecular complexity index is 760. The number of benzene rings is 1. The summed E-state index contributed by atoms with van der Waals surface area (Å²) in [4.78, 5) is 14.9. The van der Waals surface area contributed by atoms with Crippen LogP contribution in [0.25, 0.3) is 11.2 Å². The summed E-state index contributed by atoms with van der Waals surface area (Å²) in [7, 11) is 0. The summed E-state index contributed by atoms with van der Waals surface area (Å²) in [6.45, 7) is 0. The van der Waals surface area contributed by atoms with Crippen LogP contribution >= 0.6 is 27.5 Å². The van der Waals surface area contributed by atoms with Gasteiger partial charge in [-0.05, 0) is 45.7 Å². The maximum Gasteiger partial charge on any atom is 0.226 e. The van der Waals surface area contributed by atoms with Gasteiger partial charge in [-0.1, -0.05) is 0 Å². The monoisotopic (exact) mass is 341 g/mol. The van der Waals surface area contributed by atoms with Crippen LogP contribution in [-0.4, -0.2) is 19.9 Å². The zero-order chi connectivity index (χ0) is 13.4. The van der Waals surface area contributed by atoms with Crippen LogP contribution in [0.4, 0.5) is 15.9 Å². The Balaban J connectivity index is 2.04. The molecule has 2 heterocycles. The minimum absolute atomic E-state index is 0.0692. The van der Waals surface area contributed by atoms with Gasteiger partial charge in [-0.25, -0.2) is 9.37 Å². The molecule has 0 fully saturated rings. The summed E-state index contributed by atoms with van der Waals surface area (Å²) in [6.07, 6.45) is 1.49. The van der Waals surface area contributed by atoms with Crippen LogP contribution in [0.3, 0.4) is 0 Å². The minimum atomic E-state index is -0.369. The number of halogens is 3. The van der Waals surface area contributed by atoms with Gasteiger partial charge in [0.1, 0.15) is 11.3 Å². The maximum absolute atomic E-state index is 13.4. The summed E-state index contributed by atoms with van der Waals surface area (Å²) in [5.41, 5.74) is 1.60. The van der Waals surface area contributed by atoms with Crippen molar-refractivity contribution in [3.05, 3.63) is 40.1 Å². The van der Waals surface area contributed by atoms with Gasteiger partial charge in [0.2, 0.25) is 5.28 Å². The Morgan fingerprint density at radius 3 is 2.95 bits per heavy atom. The molecule has 1 aromatic carbocycles. The zero-order valence-corrected chi connectivity index (χ0v) is 11.6. The maximum atomic E-state index is 13.4. The second-order valence-electron chi connectivity index (χ2n) is 3.70. The van der Waals surface area contributed by atoms with Gasteiger partial charge >= 0.3 is 0 Å². The first kappa shape index (κ1) is 12.3. The average Bonchev–Trinajstić information content (AvgIpc) is 2.82. The van der Waals surface area contributed by atoms with Crippen molar-refractivity contribution in [2.45, 2.75) is 0 Å². The average molecular weight is 343 g/mol. The molecule has 2 N–H and O–H groups in total. The second kappa shape index (κ2) is 4.75. The van der Waals surface area contributed by atoms with Crippen molar-refractivity contribution >= 4 is 50.2 Å². The number of nitrogens with zero attached hydrogens (tertiary/aromatic N) is 3. The predicted molar refractivity (Wildman–Crippen MR) is 74.1 cm³/mol. The quantitative estimate of drug-likeness (QED) is 0.698. The molecule has 0 radical (unpaired) electrons. The lowest BCUT2D eigenvalue weighted by Gasteiger charge is -2.07. The first-order valence-electron chi connectivity index (χ1n) is 5.22. The molecule has 0 spiro atoms. The largest absolute Gasteiger partial charge is 0.340 e. The number of aromatic amines is 1. The van der Waals surface area contributed by atoms with E-state index < -0.39 is 0 Å². The van der Waals surface area contributed by atoms with Crippen LogP contribution < -0.4 is 5.32 Å². The van der Waals surface area contributed by atoms with E-state index in [4.69, 9.17) is 11.6 Å². The van der Waals surface area contributed by atoms with E-state index in [0.29, 0.717) is 27.1 Å². The number of H-pyrrole nitrogens is 1. The van der Waals surface area contributed by atoms with Crippen LogP contribution in [0, 0.1) is 5.82 Å². The highest BCUT2D eigenvalue weighted by Gasteiger charge is 2.10. The molecule has 96 valence electrons. The number of nitrogens with one attached hydrogen (secondary N) is 2. The summed E-state index contributed by atoms with van der Waals surface area (Å²) >= 11 is 8.90. The Morgan fingerprint density at radius 2 is 2.16 bits per heavy atom. The molecule has 8 heteroatoms. The molecule has 0 atom stereocenters. The Kier molecular flexibility index (Phi) is 3.08. The molecular formula is C11H6BrClFN5. The topological polar surface area (TPSA) is 66.5 Å². The molecule has 0 saturated carbocycles. The molecule has 0 saturated heterocycles. The molecule has 0 aliphatic carbocycles. The first-order chi connectivity index (χ1) is 9.13. The number of anilines is 2. The molecule has 5 nitrogen and oxygen atoms in total. The molecule has 2 aromatic heterocycles. The van der Waals surface area contributed by atoms with Crippen LogP contribution in [0.15, 0.2) is 29.0 Å². The van der Waals surface area contributed by atoms with Crippen molar-refractivity contribution in [3.8, 4) is 0 Å². The Morgan fingerprint density at radius 1 is 1.32 bits per heavy atom. The van der Waals surface area contributed by atoms with Gasteiger partial charge in [0, 0.05) is 5.69 Å². The Labute approximate surface area is 120 Å². The number of fused-ring (bicyclic) bond motifs is 1. The third kappa shape index (κ3) is 2.39. The highest BCUT2D eigenvalue weighted by Crippen LogP contribution is 2.25. The molecule has 0 amide bonds. The van der Waals surface area contributed by atoms with Crippen molar-refractivity contribution in [1.82, 2.24) is 19.9 Å². The van der Waals surface area contributed by atoms with E-state index in [9.17, 15) is 4.39 Å². The smallest absolute Gasteiger partial charge is 0.226 e. The van der Waals surface area contributed by atoms with Crippen LogP contribution in [-0.2, 0) is 0 Å². The van der Waals surface area contributed by atoms with Crippen molar-refractivity contribution < 1.29 is 4.39 Å². The number of hydrogen-bond donors (Lipinski definition) is 2. The molecule has 3 aromatic rings. The van der Waals surface area contributed by atoms with Crippen LogP contribution in [0.1, 0.15) is 0 Å². The lowest BCUT2D eigenvalue weighted by molar-refractivity contribution is 0.622. The van der Waals surface area contributed by atoms with Crippen molar-refractivity contribution in [3.63, 3.8) is 0 Å². The standard InChI is InChI=1S/C11H6BrClFN5/c12-6-2-1-5(3-7(6)14)17-10-8-9(16-4-15-8)18-11(13)19-10/h1-4H,(H2,15,16,17,18,19). The van der Waals surface area contributed by atoms with Crippen molar-refractivity contribution in [2.75, 3.05) is 5.32 Å². The molecule has 0 aliphatic heterocycles. The van der Waals surface area contributed by atoms with Gasteiger partial charge in [-0.2, -0.15) is 9.97 Å². The highest BCUT2D eigenvalue weighted by molar-refractivity contribution is 9.10. The number of imidazole rings is 1. The van der Waals surface area contributed by atoms with Crippen molar-refractivity contribution in [1.29, 1.82) is 0 Å². The van der Waals surface area contributed by atoms with E-state index in [1.807, 2.05) is 0 Å². The summed E-state index contributed by atoms with van der Waals surface area (Å²) in [5, 5.41) is 3.04. The predicted octanol–water partition coefficient (Wildman–Crippen LogP) is 3.65. The lowest BCUT2D eigenvalue weighted by atomic mass is 10.3. The third-order valence-corrected chi connectivity index (χ3v) is 3.25. The van der Waals surface area contributed by atoms with Gasteiger partial charge < -0.3 is 10.3 Å². The SMILES string of the molecule is Fc1cc(Nc2nc(Cl)nc3nc[nH]c23)ccc1Br. The second-order valence-corrected chi connectivity index (χ2v) is 4.89.